The topological polar surface area (TPSA) is 47.6 Å². The first-order chi connectivity index (χ1) is 5.83. The molecule has 0 aromatic carbocycles. The summed E-state index contributed by atoms with van der Waals surface area (Å²) in [5, 5.41) is 2.95. The number of esters is 1. The van der Waals surface area contributed by atoms with Crippen LogP contribution in [0, 0.1) is 0 Å². The Hall–Kier alpha value is -1.19. The molecule has 1 saturated heterocycles. The van der Waals surface area contributed by atoms with Crippen molar-refractivity contribution in [2.45, 2.75) is 13.3 Å². The van der Waals surface area contributed by atoms with Crippen molar-refractivity contribution < 1.29 is 14.3 Å². The van der Waals surface area contributed by atoms with Gasteiger partial charge < -0.3 is 14.8 Å². The molecule has 1 aliphatic heterocycles. The average Bonchev–Trinajstić information content (AvgIpc) is 2.06. The second-order valence-corrected chi connectivity index (χ2v) is 2.39. The van der Waals surface area contributed by atoms with Crippen LogP contribution in [0.25, 0.3) is 0 Å². The fraction of sp³-hybridized carbons (Fsp3) is 0.625. The van der Waals surface area contributed by atoms with Gasteiger partial charge in [-0.25, -0.2) is 4.79 Å². The van der Waals surface area contributed by atoms with Gasteiger partial charge in [-0.1, -0.05) is 0 Å². The fourth-order valence-electron chi connectivity index (χ4n) is 0.901. The molecule has 4 heteroatoms. The van der Waals surface area contributed by atoms with Gasteiger partial charge in [0.1, 0.15) is 0 Å². The smallest absolute Gasteiger partial charge is 0.336 e. The highest BCUT2D eigenvalue weighted by Gasteiger charge is 2.06. The Bertz CT molecular complexity index is 181. The highest BCUT2D eigenvalue weighted by Crippen LogP contribution is 2.00. The molecule has 0 spiro atoms. The number of carbonyl (C=O) groups is 1. The molecule has 12 heavy (non-hydrogen) atoms. The first kappa shape index (κ1) is 8.90. The Morgan fingerprint density at radius 2 is 2.67 bits per heavy atom. The van der Waals surface area contributed by atoms with Gasteiger partial charge in [0.05, 0.1) is 19.3 Å². The molecule has 0 aliphatic carbocycles. The zero-order chi connectivity index (χ0) is 8.81. The lowest BCUT2D eigenvalue weighted by atomic mass is 10.4. The molecular weight excluding hydrogens is 158 g/mol. The first-order valence-electron chi connectivity index (χ1n) is 4.08. The quantitative estimate of drug-likeness (QED) is 0.482. The van der Waals surface area contributed by atoms with E-state index in [1.54, 1.807) is 6.92 Å². The Balaban J connectivity index is 2.37. The van der Waals surface area contributed by atoms with Gasteiger partial charge in [-0.05, 0) is 13.3 Å². The van der Waals surface area contributed by atoms with Crippen molar-refractivity contribution in [1.82, 2.24) is 5.32 Å². The van der Waals surface area contributed by atoms with E-state index in [1.807, 2.05) is 0 Å². The maximum absolute atomic E-state index is 10.9. The molecule has 0 unspecified atom stereocenters. The number of hydrogen-bond acceptors (Lipinski definition) is 4. The minimum absolute atomic E-state index is 0.359. The molecule has 0 aromatic heterocycles. The SMILES string of the molecule is CCOC(=O)C=C1NCCCO1. The molecule has 0 radical (unpaired) electrons. The molecule has 0 bridgehead atoms. The van der Waals surface area contributed by atoms with Crippen LogP contribution in [0.15, 0.2) is 12.0 Å². The van der Waals surface area contributed by atoms with Gasteiger partial charge in [-0.15, -0.1) is 0 Å². The summed E-state index contributed by atoms with van der Waals surface area (Å²) in [5.74, 6) is 0.154. The van der Waals surface area contributed by atoms with Crippen LogP contribution in [0.5, 0.6) is 0 Å². The predicted molar refractivity (Wildman–Crippen MR) is 43.3 cm³/mol. The lowest BCUT2D eigenvalue weighted by Crippen LogP contribution is -2.25. The van der Waals surface area contributed by atoms with Gasteiger partial charge >= 0.3 is 5.97 Å². The molecule has 1 N–H and O–H groups in total. The van der Waals surface area contributed by atoms with E-state index in [4.69, 9.17) is 9.47 Å². The predicted octanol–water partition coefficient (Wildman–Crippen LogP) is 0.401. The molecule has 1 heterocycles. The second-order valence-electron chi connectivity index (χ2n) is 2.39. The maximum atomic E-state index is 10.9. The van der Waals surface area contributed by atoms with Crippen LogP contribution in [0.1, 0.15) is 13.3 Å². The van der Waals surface area contributed by atoms with Gasteiger partial charge in [-0.3, -0.25) is 0 Å². The third-order valence-corrected chi connectivity index (χ3v) is 1.41. The van der Waals surface area contributed by atoms with Gasteiger partial charge in [0.2, 0.25) is 0 Å². The number of hydrogen-bond donors (Lipinski definition) is 1. The largest absolute Gasteiger partial charge is 0.479 e. The zero-order valence-corrected chi connectivity index (χ0v) is 7.13. The van der Waals surface area contributed by atoms with E-state index in [1.165, 1.54) is 6.08 Å². The van der Waals surface area contributed by atoms with Crippen LogP contribution < -0.4 is 5.32 Å². The summed E-state index contributed by atoms with van der Waals surface area (Å²) in [6, 6.07) is 0. The van der Waals surface area contributed by atoms with Crippen molar-refractivity contribution in [3.63, 3.8) is 0 Å². The highest BCUT2D eigenvalue weighted by atomic mass is 16.5. The van der Waals surface area contributed by atoms with Crippen LogP contribution in [0.4, 0.5) is 0 Å². The highest BCUT2D eigenvalue weighted by molar-refractivity contribution is 5.82. The first-order valence-corrected chi connectivity index (χ1v) is 4.08. The molecule has 0 saturated carbocycles. The van der Waals surface area contributed by atoms with Gasteiger partial charge in [0, 0.05) is 6.54 Å². The number of rotatable bonds is 2. The molecule has 0 atom stereocenters. The summed E-state index contributed by atoms with van der Waals surface area (Å²) in [7, 11) is 0. The van der Waals surface area contributed by atoms with Crippen molar-refractivity contribution in [2.24, 2.45) is 0 Å². The number of nitrogens with one attached hydrogen (secondary N) is 1. The molecular formula is C8H13NO3. The van der Waals surface area contributed by atoms with Crippen LogP contribution in [0.3, 0.4) is 0 Å². The lowest BCUT2D eigenvalue weighted by Gasteiger charge is -2.17. The van der Waals surface area contributed by atoms with Crippen molar-refractivity contribution >= 4 is 5.97 Å². The third-order valence-electron chi connectivity index (χ3n) is 1.41. The summed E-state index contributed by atoms with van der Waals surface area (Å²) >= 11 is 0. The van der Waals surface area contributed by atoms with E-state index in [-0.39, 0.29) is 5.97 Å². The van der Waals surface area contributed by atoms with Crippen LogP contribution in [0.2, 0.25) is 0 Å². The number of carbonyl (C=O) groups excluding carboxylic acids is 1. The normalized spacial score (nSPS) is 19.6. The Morgan fingerprint density at radius 1 is 1.83 bits per heavy atom. The summed E-state index contributed by atoms with van der Waals surface area (Å²) in [6.45, 7) is 3.68. The van der Waals surface area contributed by atoms with E-state index >= 15 is 0 Å². The monoisotopic (exact) mass is 171 g/mol. The van der Waals surface area contributed by atoms with Crippen LogP contribution in [-0.4, -0.2) is 25.7 Å². The van der Waals surface area contributed by atoms with E-state index in [2.05, 4.69) is 5.32 Å². The van der Waals surface area contributed by atoms with E-state index in [9.17, 15) is 4.79 Å². The summed E-state index contributed by atoms with van der Waals surface area (Å²) in [6.07, 6.45) is 2.31. The van der Waals surface area contributed by atoms with Crippen molar-refractivity contribution in [3.05, 3.63) is 12.0 Å². The molecule has 4 nitrogen and oxygen atoms in total. The van der Waals surface area contributed by atoms with Gasteiger partial charge in [0.25, 0.3) is 0 Å². The molecule has 1 fully saturated rings. The van der Waals surface area contributed by atoms with Gasteiger partial charge in [0.15, 0.2) is 5.88 Å². The standard InChI is InChI=1S/C8H13NO3/c1-2-11-8(10)6-7-9-4-3-5-12-7/h6,9H,2-5H2,1H3. The summed E-state index contributed by atoms with van der Waals surface area (Å²) < 4.78 is 9.85. The van der Waals surface area contributed by atoms with Crippen LogP contribution >= 0.6 is 0 Å². The van der Waals surface area contributed by atoms with Crippen molar-refractivity contribution in [3.8, 4) is 0 Å². The van der Waals surface area contributed by atoms with E-state index < -0.39 is 0 Å². The van der Waals surface area contributed by atoms with E-state index in [0.29, 0.717) is 19.1 Å². The Labute approximate surface area is 71.5 Å². The molecule has 0 aromatic rings. The molecule has 68 valence electrons. The Morgan fingerprint density at radius 3 is 3.25 bits per heavy atom. The molecule has 1 rings (SSSR count). The molecule has 0 amide bonds. The fourth-order valence-corrected chi connectivity index (χ4v) is 0.901. The molecule has 1 aliphatic rings. The lowest BCUT2D eigenvalue weighted by molar-refractivity contribution is -0.137. The third kappa shape index (κ3) is 2.82. The minimum Gasteiger partial charge on any atom is -0.479 e. The zero-order valence-electron chi connectivity index (χ0n) is 7.13. The second kappa shape index (κ2) is 4.64. The minimum atomic E-state index is -0.359. The summed E-state index contributed by atoms with van der Waals surface area (Å²) in [5.41, 5.74) is 0. The maximum Gasteiger partial charge on any atom is 0.336 e. The van der Waals surface area contributed by atoms with E-state index in [0.717, 1.165) is 13.0 Å². The summed E-state index contributed by atoms with van der Waals surface area (Å²) in [4.78, 5) is 10.9. The van der Waals surface area contributed by atoms with Crippen LogP contribution in [-0.2, 0) is 14.3 Å². The number of ether oxygens (including phenoxy) is 2. The Kier molecular flexibility index (Phi) is 3.44. The van der Waals surface area contributed by atoms with Gasteiger partial charge in [-0.2, -0.15) is 0 Å². The average molecular weight is 171 g/mol. The van der Waals surface area contributed by atoms with Crippen molar-refractivity contribution in [1.29, 1.82) is 0 Å². The van der Waals surface area contributed by atoms with Crippen molar-refractivity contribution in [2.75, 3.05) is 19.8 Å².